The maximum absolute atomic E-state index is 13.4. The highest BCUT2D eigenvalue weighted by Crippen LogP contribution is 2.57. The fraction of sp³-hybridized carbons (Fsp3) is 0.524. The largest absolute Gasteiger partial charge is 0.386 e. The lowest BCUT2D eigenvalue weighted by molar-refractivity contribution is -0.0517. The highest BCUT2D eigenvalue weighted by atomic mass is 32.7. The number of hydrogen-bond donors (Lipinski definition) is 6. The van der Waals surface area contributed by atoms with Crippen LogP contribution in [0.1, 0.15) is 25.8 Å². The number of aliphatic hydroxyl groups excluding tert-OH is 1. The number of aliphatic hydroxyl groups is 1. The second-order valence-electron chi connectivity index (χ2n) is 10.3. The maximum atomic E-state index is 13.4. The van der Waals surface area contributed by atoms with Gasteiger partial charge in [-0.15, -0.1) is 0 Å². The summed E-state index contributed by atoms with van der Waals surface area (Å²) in [5.41, 5.74) is 4.75. The van der Waals surface area contributed by atoms with Crippen LogP contribution in [0, 0.1) is 5.92 Å². The smallest absolute Gasteiger partial charge is 0.386 e. The summed E-state index contributed by atoms with van der Waals surface area (Å²) in [4.78, 5) is 49.2. The number of H-pyrrole nitrogens is 1. The number of nitrogen functional groups attached to an aromatic ring is 1. The van der Waals surface area contributed by atoms with E-state index in [9.17, 15) is 28.7 Å². The molecule has 0 radical (unpaired) electrons. The second kappa shape index (κ2) is 12.2. The number of nitrogens with zero attached hydrogens (tertiary/aromatic N) is 7. The fourth-order valence-corrected chi connectivity index (χ4v) is 7.17. The van der Waals surface area contributed by atoms with E-state index in [0.717, 1.165) is 10.9 Å². The summed E-state index contributed by atoms with van der Waals surface area (Å²) < 4.78 is 56.6. The minimum absolute atomic E-state index is 0.0670. The Bertz CT molecular complexity index is 1950. The van der Waals surface area contributed by atoms with Gasteiger partial charge in [0.2, 0.25) is 11.6 Å². The van der Waals surface area contributed by atoms with Crippen molar-refractivity contribution in [1.82, 2.24) is 38.7 Å². The summed E-state index contributed by atoms with van der Waals surface area (Å²) in [6, 6.07) is 0. The normalized spacial score (nSPS) is 29.8. The molecule has 0 aromatic carbocycles. The number of imidazole rings is 2. The predicted octanol–water partition coefficient (Wildman–Crippen LogP) is 0.275. The van der Waals surface area contributed by atoms with E-state index in [-0.39, 0.29) is 35.3 Å². The van der Waals surface area contributed by atoms with Crippen LogP contribution >= 0.6 is 38.1 Å². The molecule has 4 unspecified atom stereocenters. The van der Waals surface area contributed by atoms with Crippen molar-refractivity contribution < 1.29 is 42.2 Å². The van der Waals surface area contributed by atoms with Crippen LogP contribution in [-0.4, -0.2) is 86.3 Å². The average molecular weight is 708 g/mol. The lowest BCUT2D eigenvalue weighted by Gasteiger charge is -2.25. The molecule has 5 N–H and O–H groups in total. The molecule has 20 nitrogen and oxygen atoms in total. The average Bonchev–Trinajstić information content (AvgIpc) is 3.73. The number of aromatic amines is 1. The number of anilines is 1. The molecule has 0 saturated carbocycles. The van der Waals surface area contributed by atoms with Crippen molar-refractivity contribution in [2.24, 2.45) is 5.92 Å². The fourth-order valence-electron chi connectivity index (χ4n) is 5.14. The number of nitrogens with two attached hydrogens (primary N) is 1. The van der Waals surface area contributed by atoms with Gasteiger partial charge < -0.3 is 25.2 Å². The summed E-state index contributed by atoms with van der Waals surface area (Å²) in [5.74, 6) is -0.228. The van der Waals surface area contributed by atoms with Gasteiger partial charge in [0.25, 0.3) is 11.1 Å². The Hall–Kier alpha value is -2.62. The Morgan fingerprint density at radius 1 is 1.11 bits per heavy atom. The van der Waals surface area contributed by atoms with Crippen molar-refractivity contribution in [3.8, 4) is 0 Å². The molecule has 2 fully saturated rings. The summed E-state index contributed by atoms with van der Waals surface area (Å²) in [7, 11) is 0. The Labute approximate surface area is 262 Å². The molecule has 6 rings (SSSR count). The van der Waals surface area contributed by atoms with Gasteiger partial charge in [0, 0.05) is 12.4 Å². The third-order valence-electron chi connectivity index (χ3n) is 7.30. The van der Waals surface area contributed by atoms with Gasteiger partial charge in [0.05, 0.1) is 25.6 Å². The minimum Gasteiger partial charge on any atom is -0.386 e. The van der Waals surface area contributed by atoms with E-state index in [0.29, 0.717) is 6.42 Å². The van der Waals surface area contributed by atoms with Gasteiger partial charge in [-0.1, -0.05) is 31.4 Å². The topological polar surface area (TPSA) is 263 Å². The third-order valence-corrected chi connectivity index (χ3v) is 9.74. The molecule has 9 atom stereocenters. The third kappa shape index (κ3) is 6.63. The van der Waals surface area contributed by atoms with Crippen molar-refractivity contribution in [3.63, 3.8) is 0 Å². The van der Waals surface area contributed by atoms with Gasteiger partial charge in [0.1, 0.15) is 30.9 Å². The van der Waals surface area contributed by atoms with Crippen LogP contribution in [-0.2, 0) is 32.2 Å². The van der Waals surface area contributed by atoms with Crippen LogP contribution in [0.5, 0.6) is 0 Å². The highest BCUT2D eigenvalue weighted by Gasteiger charge is 2.50. The van der Waals surface area contributed by atoms with E-state index in [1.165, 1.54) is 23.2 Å². The number of nitrogens with one attached hydrogen (secondary N) is 1. The van der Waals surface area contributed by atoms with Crippen LogP contribution in [0.2, 0.25) is 0 Å². The summed E-state index contributed by atoms with van der Waals surface area (Å²) in [6.45, 7) is -7.66. The molecule has 244 valence electrons. The monoisotopic (exact) mass is 707 g/mol. The standard InChI is InChI=1S/C21H27N9O11P2S2/c1-9-4-12(28-7-24-13-16(28)26-21(22)27-18(13)32)39-10(9)5-38-43(36,45)41-15-11(6-37-42(34,35)44)40-20(14(15)31)29-8-25-30-3-2-23-17(30)19(29)33/h2-3,7-12,14-15,20,31H,4-6H2,1H3,(H,36,45)(H2,34,35,44)(H3,22,26,27,32)/t9?,10-,11-,12-,14?,15-,20-,43?/m1/s1. The van der Waals surface area contributed by atoms with Crippen molar-refractivity contribution >= 4 is 60.9 Å². The molecule has 24 heteroatoms. The highest BCUT2D eigenvalue weighted by molar-refractivity contribution is 8.44. The Balaban J connectivity index is 1.16. The van der Waals surface area contributed by atoms with Crippen LogP contribution in [0.4, 0.5) is 5.95 Å². The van der Waals surface area contributed by atoms with Crippen LogP contribution < -0.4 is 16.9 Å². The summed E-state index contributed by atoms with van der Waals surface area (Å²) in [6.07, 6.45) is -1.47. The zero-order valence-electron chi connectivity index (χ0n) is 23.0. The predicted molar refractivity (Wildman–Crippen MR) is 160 cm³/mol. The number of fused-ring (bicyclic) bond motifs is 2. The van der Waals surface area contributed by atoms with E-state index >= 15 is 0 Å². The SMILES string of the molecule is CC1C[C@H](n2cnc3c(=O)[nH]c(N)nc32)O[C@@H]1COP(=O)(S)O[C@H]1C(O)[C@H](n2cnn3ccnc3c2=O)O[C@@H]1COP(=O)(O)S. The Kier molecular flexibility index (Phi) is 8.76. The number of ether oxygens (including phenoxy) is 2. The van der Waals surface area contributed by atoms with Gasteiger partial charge in [-0.05, 0) is 12.3 Å². The lowest BCUT2D eigenvalue weighted by atomic mass is 10.0. The van der Waals surface area contributed by atoms with Crippen LogP contribution in [0.25, 0.3) is 16.8 Å². The van der Waals surface area contributed by atoms with Crippen molar-refractivity contribution in [2.75, 3.05) is 18.9 Å². The Morgan fingerprint density at radius 3 is 2.62 bits per heavy atom. The second-order valence-corrected chi connectivity index (χ2v) is 16.0. The number of rotatable bonds is 10. The molecule has 4 aromatic heterocycles. The van der Waals surface area contributed by atoms with Gasteiger partial charge in [-0.2, -0.15) is 10.1 Å². The minimum atomic E-state index is -4.31. The molecule has 0 bridgehead atoms. The first-order chi connectivity index (χ1) is 21.2. The van der Waals surface area contributed by atoms with Gasteiger partial charge >= 0.3 is 13.6 Å². The van der Waals surface area contributed by atoms with E-state index in [1.807, 2.05) is 6.92 Å². The number of hydrogen-bond acceptors (Lipinski definition) is 15. The van der Waals surface area contributed by atoms with Crippen molar-refractivity contribution in [1.29, 1.82) is 0 Å². The van der Waals surface area contributed by atoms with Gasteiger partial charge in [0.15, 0.2) is 17.4 Å². The molecular weight excluding hydrogens is 680 g/mol. The van der Waals surface area contributed by atoms with Gasteiger partial charge in [-0.25, -0.2) is 23.6 Å². The quantitative estimate of drug-likeness (QED) is 0.0955. The van der Waals surface area contributed by atoms with Crippen LogP contribution in [0.15, 0.2) is 34.6 Å². The maximum Gasteiger partial charge on any atom is 0.386 e. The van der Waals surface area contributed by atoms with E-state index in [1.54, 1.807) is 4.57 Å². The van der Waals surface area contributed by atoms with Crippen LogP contribution in [0.3, 0.4) is 0 Å². The number of aromatic nitrogens is 8. The first-order valence-electron chi connectivity index (χ1n) is 13.2. The molecule has 2 saturated heterocycles. The first-order valence-corrected chi connectivity index (χ1v) is 18.6. The molecule has 2 aliphatic rings. The molecule has 4 aromatic rings. The molecule has 0 amide bonds. The molecule has 0 aliphatic carbocycles. The number of thiol groups is 2. The summed E-state index contributed by atoms with van der Waals surface area (Å²) >= 11 is 7.53. The van der Waals surface area contributed by atoms with Crippen molar-refractivity contribution in [3.05, 3.63) is 45.8 Å². The van der Waals surface area contributed by atoms with Crippen molar-refractivity contribution in [2.45, 2.75) is 50.2 Å². The molecule has 45 heavy (non-hydrogen) atoms. The zero-order chi connectivity index (χ0) is 32.3. The van der Waals surface area contributed by atoms with E-state index in [4.69, 9.17) is 28.8 Å². The molecular formula is C21H27N9O11P2S2. The van der Waals surface area contributed by atoms with E-state index in [2.05, 4.69) is 49.5 Å². The summed E-state index contributed by atoms with van der Waals surface area (Å²) in [5, 5.41) is 15.2. The molecule has 6 heterocycles. The Morgan fingerprint density at radius 2 is 1.87 bits per heavy atom. The molecule has 0 spiro atoms. The first kappa shape index (κ1) is 32.3. The zero-order valence-corrected chi connectivity index (χ0v) is 26.6. The lowest BCUT2D eigenvalue weighted by Crippen LogP contribution is -2.37. The van der Waals surface area contributed by atoms with Gasteiger partial charge in [-0.3, -0.25) is 37.3 Å². The molecule has 2 aliphatic heterocycles. The van der Waals surface area contributed by atoms with E-state index < -0.39 is 68.2 Å².